The number of ether oxygens (including phenoxy) is 1. The van der Waals surface area contributed by atoms with E-state index < -0.39 is 42.3 Å². The van der Waals surface area contributed by atoms with Crippen LogP contribution in [0.5, 0.6) is 0 Å². The predicted octanol–water partition coefficient (Wildman–Crippen LogP) is -3.09. The third kappa shape index (κ3) is 1.43. The molecule has 22 heavy (non-hydrogen) atoms. The number of hydrogen-bond donors (Lipinski definition) is 2. The van der Waals surface area contributed by atoms with Crippen LogP contribution in [0.4, 0.5) is 0 Å². The number of hydrogen-bond acceptors (Lipinski definition) is 8. The van der Waals surface area contributed by atoms with Crippen LogP contribution in [-0.2, 0) is 17.8 Å². The summed E-state index contributed by atoms with van der Waals surface area (Å²) < 4.78 is 8.51. The topological polar surface area (TPSA) is 148 Å². The fourth-order valence-corrected chi connectivity index (χ4v) is 2.95. The van der Waals surface area contributed by atoms with Crippen LogP contribution in [0.3, 0.4) is 0 Å². The average Bonchev–Trinajstić information content (AvgIpc) is 2.96. The van der Waals surface area contributed by atoms with E-state index in [9.17, 15) is 19.8 Å². The number of rotatable bonds is 1. The first kappa shape index (κ1) is 13.1. The standard InChI is InChI=1S/C11H10N6O5/c12-1-2-15-9(20)5-8-16(14-13-5)3-4-6(18)7(19)10(22-4)17(8)11(15)21/h4,6-7,10,18-19H,2-3H2/t4-,6-,7-,10-/m1/s1. The minimum absolute atomic E-state index is 0.0480. The molecule has 11 heteroatoms. The van der Waals surface area contributed by atoms with Gasteiger partial charge in [0.25, 0.3) is 5.56 Å². The minimum atomic E-state index is -1.33. The van der Waals surface area contributed by atoms with Crippen molar-refractivity contribution in [2.45, 2.75) is 37.6 Å². The molecule has 2 bridgehead atoms. The fourth-order valence-electron chi connectivity index (χ4n) is 2.95. The van der Waals surface area contributed by atoms with E-state index in [1.807, 2.05) is 0 Å². The predicted molar refractivity (Wildman–Crippen MR) is 67.6 cm³/mol. The van der Waals surface area contributed by atoms with Gasteiger partial charge in [0.15, 0.2) is 17.4 Å². The van der Waals surface area contributed by atoms with Crippen LogP contribution in [0.2, 0.25) is 0 Å². The van der Waals surface area contributed by atoms with Gasteiger partial charge in [0.1, 0.15) is 24.9 Å². The highest BCUT2D eigenvalue weighted by Crippen LogP contribution is 2.33. The van der Waals surface area contributed by atoms with Gasteiger partial charge < -0.3 is 14.9 Å². The molecule has 0 spiro atoms. The van der Waals surface area contributed by atoms with E-state index in [0.29, 0.717) is 4.57 Å². The first-order chi connectivity index (χ1) is 10.5. The zero-order valence-corrected chi connectivity index (χ0v) is 11.0. The van der Waals surface area contributed by atoms with E-state index in [2.05, 4.69) is 10.3 Å². The van der Waals surface area contributed by atoms with Crippen LogP contribution in [-0.4, -0.2) is 52.7 Å². The first-order valence-electron chi connectivity index (χ1n) is 6.51. The summed E-state index contributed by atoms with van der Waals surface area (Å²) in [5.41, 5.74) is -1.52. The van der Waals surface area contributed by atoms with E-state index in [-0.39, 0.29) is 17.7 Å². The Morgan fingerprint density at radius 2 is 2.14 bits per heavy atom. The number of nitrogens with zero attached hydrogens (tertiary/aromatic N) is 6. The van der Waals surface area contributed by atoms with Crippen molar-refractivity contribution in [1.29, 1.82) is 5.26 Å². The normalized spacial score (nSPS) is 29.5. The number of aliphatic hydroxyl groups is 2. The van der Waals surface area contributed by atoms with Crippen molar-refractivity contribution in [3.8, 4) is 6.07 Å². The second-order valence-electron chi connectivity index (χ2n) is 5.19. The molecule has 114 valence electrons. The van der Waals surface area contributed by atoms with Crippen molar-refractivity contribution in [2.75, 3.05) is 0 Å². The van der Waals surface area contributed by atoms with Gasteiger partial charge in [-0.2, -0.15) is 5.26 Å². The maximum atomic E-state index is 12.5. The molecule has 0 unspecified atom stereocenters. The molecule has 4 heterocycles. The molecule has 11 nitrogen and oxygen atoms in total. The second kappa shape index (κ2) is 4.23. The van der Waals surface area contributed by atoms with Crippen molar-refractivity contribution < 1.29 is 14.9 Å². The van der Waals surface area contributed by atoms with Crippen molar-refractivity contribution >= 4 is 11.2 Å². The molecular weight excluding hydrogens is 296 g/mol. The number of nitriles is 1. The molecule has 1 fully saturated rings. The lowest BCUT2D eigenvalue weighted by molar-refractivity contribution is -0.0363. The molecule has 0 aliphatic carbocycles. The van der Waals surface area contributed by atoms with Gasteiger partial charge in [-0.05, 0) is 0 Å². The van der Waals surface area contributed by atoms with Crippen LogP contribution in [0.25, 0.3) is 11.2 Å². The van der Waals surface area contributed by atoms with Gasteiger partial charge in [0.05, 0.1) is 12.6 Å². The van der Waals surface area contributed by atoms with Gasteiger partial charge in [-0.1, -0.05) is 5.21 Å². The van der Waals surface area contributed by atoms with Gasteiger partial charge in [-0.25, -0.2) is 18.6 Å². The number of aliphatic hydroxyl groups excluding tert-OH is 2. The van der Waals surface area contributed by atoms with Gasteiger partial charge >= 0.3 is 5.69 Å². The van der Waals surface area contributed by atoms with Crippen molar-refractivity contribution in [2.24, 2.45) is 0 Å². The molecule has 2 aliphatic heterocycles. The molecule has 4 atom stereocenters. The Labute approximate surface area is 121 Å². The van der Waals surface area contributed by atoms with Crippen LogP contribution in [0.15, 0.2) is 9.59 Å². The van der Waals surface area contributed by atoms with Crippen molar-refractivity contribution in [1.82, 2.24) is 24.1 Å². The summed E-state index contributed by atoms with van der Waals surface area (Å²) >= 11 is 0. The van der Waals surface area contributed by atoms with Gasteiger partial charge in [0.2, 0.25) is 0 Å². The Balaban J connectivity index is 2.13. The maximum absolute atomic E-state index is 12.5. The Morgan fingerprint density at radius 1 is 1.36 bits per heavy atom. The lowest BCUT2D eigenvalue weighted by Crippen LogP contribution is -2.45. The summed E-state index contributed by atoms with van der Waals surface area (Å²) in [6, 6.07) is 1.73. The Hall–Kier alpha value is -2.55. The van der Waals surface area contributed by atoms with Crippen molar-refractivity contribution in [3.05, 3.63) is 20.8 Å². The molecule has 0 aromatic carbocycles. The molecule has 0 saturated carbocycles. The summed E-state index contributed by atoms with van der Waals surface area (Å²) in [6.07, 6.45) is -4.47. The zero-order valence-electron chi connectivity index (χ0n) is 11.0. The van der Waals surface area contributed by atoms with Gasteiger partial charge in [-0.15, -0.1) is 5.10 Å². The summed E-state index contributed by atoms with van der Waals surface area (Å²) in [4.78, 5) is 24.8. The highest BCUT2D eigenvalue weighted by Gasteiger charge is 2.47. The molecule has 2 aliphatic rings. The molecule has 2 aromatic heterocycles. The van der Waals surface area contributed by atoms with Crippen LogP contribution >= 0.6 is 0 Å². The lowest BCUT2D eigenvalue weighted by Gasteiger charge is -2.20. The van der Waals surface area contributed by atoms with E-state index >= 15 is 0 Å². The molecule has 2 aromatic rings. The highest BCUT2D eigenvalue weighted by atomic mass is 16.6. The molecule has 2 N–H and O–H groups in total. The smallest absolute Gasteiger partial charge is 0.335 e. The fraction of sp³-hybridized carbons (Fsp3) is 0.545. The van der Waals surface area contributed by atoms with E-state index in [4.69, 9.17) is 10.00 Å². The largest absolute Gasteiger partial charge is 0.387 e. The Bertz CT molecular complexity index is 935. The first-order valence-corrected chi connectivity index (χ1v) is 6.51. The quantitative estimate of drug-likeness (QED) is 0.563. The van der Waals surface area contributed by atoms with Gasteiger partial charge in [0, 0.05) is 0 Å². The summed E-state index contributed by atoms with van der Waals surface area (Å²) in [6.45, 7) is -0.415. The van der Waals surface area contributed by atoms with E-state index in [0.717, 1.165) is 4.57 Å². The summed E-state index contributed by atoms with van der Waals surface area (Å²) in [5.74, 6) is 0. The van der Waals surface area contributed by atoms with Gasteiger partial charge in [-0.3, -0.25) is 4.79 Å². The number of fused-ring (bicyclic) bond motifs is 3. The molecular formula is C11H10N6O5. The molecule has 0 amide bonds. The van der Waals surface area contributed by atoms with E-state index in [1.165, 1.54) is 4.68 Å². The summed E-state index contributed by atoms with van der Waals surface area (Å²) in [5, 5.41) is 36.4. The van der Waals surface area contributed by atoms with Crippen molar-refractivity contribution in [3.63, 3.8) is 0 Å². The zero-order chi connectivity index (χ0) is 15.6. The molecule has 4 rings (SSSR count). The van der Waals surface area contributed by atoms with Crippen LogP contribution in [0.1, 0.15) is 6.23 Å². The third-order valence-corrected chi connectivity index (χ3v) is 4.00. The maximum Gasteiger partial charge on any atom is 0.335 e. The van der Waals surface area contributed by atoms with Crippen LogP contribution < -0.4 is 11.2 Å². The van der Waals surface area contributed by atoms with Crippen LogP contribution in [0, 0.1) is 11.3 Å². The molecule has 0 radical (unpaired) electrons. The van der Waals surface area contributed by atoms with E-state index in [1.54, 1.807) is 6.07 Å². The lowest BCUT2D eigenvalue weighted by atomic mass is 10.1. The SMILES string of the molecule is N#CCn1c(=O)c2nnn3c2n(c1=O)[C@@H]1O[C@H](C3)[C@@H](O)[C@H]1O. The Morgan fingerprint density at radius 3 is 2.86 bits per heavy atom. The Kier molecular flexibility index (Phi) is 2.52. The third-order valence-electron chi connectivity index (χ3n) is 4.00. The monoisotopic (exact) mass is 306 g/mol. The second-order valence-corrected chi connectivity index (χ2v) is 5.19. The average molecular weight is 306 g/mol. The minimum Gasteiger partial charge on any atom is -0.387 e. The number of aromatic nitrogens is 5. The highest BCUT2D eigenvalue weighted by molar-refractivity contribution is 5.69. The molecule has 1 saturated heterocycles. The summed E-state index contributed by atoms with van der Waals surface area (Å²) in [7, 11) is 0.